The van der Waals surface area contributed by atoms with Gasteiger partial charge in [-0.25, -0.2) is 15.0 Å². The second-order valence-corrected chi connectivity index (χ2v) is 9.83. The fraction of sp³-hybridized carbons (Fsp3) is 0.308. The number of piperidine rings is 2. The summed E-state index contributed by atoms with van der Waals surface area (Å²) in [7, 11) is 1.85. The zero-order valence-electron chi connectivity index (χ0n) is 20.2. The number of amides is 1. The minimum absolute atomic E-state index is 0.00837. The predicted molar refractivity (Wildman–Crippen MR) is 131 cm³/mol. The molecule has 8 rings (SSSR count). The Hall–Kier alpha value is -4.56. The van der Waals surface area contributed by atoms with Gasteiger partial charge in [0.25, 0.3) is 5.91 Å². The van der Waals surface area contributed by atoms with Crippen LogP contribution in [0.3, 0.4) is 0 Å². The number of nitrogens with one attached hydrogen (secondary N) is 1. The van der Waals surface area contributed by atoms with Gasteiger partial charge in [-0.3, -0.25) is 4.79 Å². The summed E-state index contributed by atoms with van der Waals surface area (Å²) < 4.78 is 13.6. The number of imidazole rings is 1. The Morgan fingerprint density at radius 2 is 2.11 bits per heavy atom. The maximum atomic E-state index is 13.1. The van der Waals surface area contributed by atoms with Crippen molar-refractivity contribution in [3.05, 3.63) is 59.8 Å². The van der Waals surface area contributed by atoms with E-state index >= 15 is 0 Å². The maximum absolute atomic E-state index is 13.1. The molecule has 4 fully saturated rings. The average Bonchev–Trinajstić information content (AvgIpc) is 3.56. The van der Waals surface area contributed by atoms with Crippen molar-refractivity contribution < 1.29 is 14.3 Å². The molecule has 11 nitrogen and oxygen atoms in total. The standard InChI is InChI=1S/C26H22N8O3/c1-14-5-16(9-27)28-11-19(14)36-22-6-18(23-24(32-22)33(2)13-30-23)31-21-4-3-15(10-29-21)25(35)34-12-20-26(37-20)7-17(34)8-26/h3-6,10-11,13,17,20H,7-8,12H2,1-2H3,(H,29,31,32). The highest BCUT2D eigenvalue weighted by molar-refractivity contribution is 5.95. The lowest BCUT2D eigenvalue weighted by molar-refractivity contribution is 0.0311. The zero-order valence-corrected chi connectivity index (χ0v) is 20.2. The molecule has 1 atom stereocenters. The fourth-order valence-electron chi connectivity index (χ4n) is 5.29. The molecular weight excluding hydrogens is 472 g/mol. The van der Waals surface area contributed by atoms with Crippen LogP contribution < -0.4 is 10.1 Å². The first kappa shape index (κ1) is 21.7. The molecule has 1 saturated carbocycles. The van der Waals surface area contributed by atoms with Crippen LogP contribution in [0.25, 0.3) is 11.2 Å². The summed E-state index contributed by atoms with van der Waals surface area (Å²) in [5.74, 6) is 1.39. The maximum Gasteiger partial charge on any atom is 0.255 e. The lowest BCUT2D eigenvalue weighted by Gasteiger charge is -2.46. The SMILES string of the molecule is Cc1cc(C#N)ncc1Oc1cc(Nc2ccc(C(=O)N3CC4OC45CC3C5)cn2)c2ncn(C)c2n1. The van der Waals surface area contributed by atoms with Gasteiger partial charge < -0.3 is 24.3 Å². The molecule has 4 aromatic rings. The van der Waals surface area contributed by atoms with Crippen LogP contribution in [0.1, 0.15) is 34.5 Å². The van der Waals surface area contributed by atoms with Gasteiger partial charge in [0.15, 0.2) is 11.4 Å². The number of nitrogens with zero attached hydrogens (tertiary/aromatic N) is 7. The van der Waals surface area contributed by atoms with Crippen molar-refractivity contribution in [2.75, 3.05) is 11.9 Å². The number of epoxide rings is 1. The molecule has 4 aliphatic rings. The molecule has 1 unspecified atom stereocenters. The Morgan fingerprint density at radius 3 is 2.84 bits per heavy atom. The average molecular weight is 495 g/mol. The minimum atomic E-state index is -0.00837. The first-order chi connectivity index (χ1) is 17.9. The molecule has 4 aromatic heterocycles. The van der Waals surface area contributed by atoms with Crippen LogP contribution in [-0.4, -0.2) is 59.6 Å². The van der Waals surface area contributed by atoms with Crippen LogP contribution >= 0.6 is 0 Å². The topological polar surface area (TPSA) is 134 Å². The fourth-order valence-corrected chi connectivity index (χ4v) is 5.29. The van der Waals surface area contributed by atoms with Crippen LogP contribution in [0.5, 0.6) is 11.6 Å². The number of ether oxygens (including phenoxy) is 2. The molecule has 2 bridgehead atoms. The van der Waals surface area contributed by atoms with E-state index in [1.807, 2.05) is 24.9 Å². The molecule has 11 heteroatoms. The number of anilines is 2. The highest BCUT2D eigenvalue weighted by Crippen LogP contribution is 2.58. The number of hydrogen-bond donors (Lipinski definition) is 1. The zero-order chi connectivity index (χ0) is 25.3. The Balaban J connectivity index is 1.14. The van der Waals surface area contributed by atoms with Gasteiger partial charge in [0.2, 0.25) is 5.88 Å². The lowest BCUT2D eigenvalue weighted by Crippen LogP contribution is -2.59. The first-order valence-corrected chi connectivity index (χ1v) is 12.0. The number of nitriles is 1. The molecule has 3 saturated heterocycles. The van der Waals surface area contributed by atoms with Gasteiger partial charge in [-0.1, -0.05) is 0 Å². The van der Waals surface area contributed by atoms with E-state index in [9.17, 15) is 4.79 Å². The Kier molecular flexibility index (Phi) is 4.53. The molecule has 1 spiro atoms. The summed E-state index contributed by atoms with van der Waals surface area (Å²) in [6, 6.07) is 9.25. The summed E-state index contributed by atoms with van der Waals surface area (Å²) in [6.45, 7) is 2.50. The normalized spacial score (nSPS) is 23.1. The molecule has 1 aliphatic carbocycles. The quantitative estimate of drug-likeness (QED) is 0.415. The molecule has 0 radical (unpaired) electrons. The van der Waals surface area contributed by atoms with Gasteiger partial charge in [-0.05, 0) is 43.5 Å². The lowest BCUT2D eigenvalue weighted by atomic mass is 9.73. The number of rotatable bonds is 5. The van der Waals surface area contributed by atoms with Crippen molar-refractivity contribution in [2.24, 2.45) is 7.05 Å². The first-order valence-electron chi connectivity index (χ1n) is 12.0. The largest absolute Gasteiger partial charge is 0.437 e. The van der Waals surface area contributed by atoms with E-state index < -0.39 is 0 Å². The van der Waals surface area contributed by atoms with Crippen LogP contribution in [-0.2, 0) is 11.8 Å². The molecule has 3 aliphatic heterocycles. The van der Waals surface area contributed by atoms with Crippen molar-refractivity contribution in [3.8, 4) is 17.7 Å². The van der Waals surface area contributed by atoms with Gasteiger partial charge in [-0.15, -0.1) is 0 Å². The second kappa shape index (κ2) is 7.72. The van der Waals surface area contributed by atoms with Crippen molar-refractivity contribution in [1.29, 1.82) is 5.26 Å². The van der Waals surface area contributed by atoms with E-state index in [4.69, 9.17) is 14.7 Å². The molecule has 7 heterocycles. The summed E-state index contributed by atoms with van der Waals surface area (Å²) in [4.78, 5) is 32.6. The van der Waals surface area contributed by atoms with Gasteiger partial charge in [-0.2, -0.15) is 10.2 Å². The van der Waals surface area contributed by atoms with Crippen LogP contribution in [0.15, 0.2) is 43.0 Å². The Bertz CT molecular complexity index is 1620. The van der Waals surface area contributed by atoms with Crippen molar-refractivity contribution in [1.82, 2.24) is 29.4 Å². The van der Waals surface area contributed by atoms with Crippen LogP contribution in [0.2, 0.25) is 0 Å². The highest BCUT2D eigenvalue weighted by Gasteiger charge is 2.70. The van der Waals surface area contributed by atoms with E-state index in [1.165, 1.54) is 6.20 Å². The highest BCUT2D eigenvalue weighted by atomic mass is 16.6. The third kappa shape index (κ3) is 3.48. The predicted octanol–water partition coefficient (Wildman–Crippen LogP) is 3.23. The number of fused-ring (bicyclic) bond motifs is 2. The Labute approximate surface area is 211 Å². The van der Waals surface area contributed by atoms with E-state index in [0.29, 0.717) is 52.1 Å². The molecule has 1 N–H and O–H groups in total. The smallest absolute Gasteiger partial charge is 0.255 e. The van der Waals surface area contributed by atoms with Crippen molar-refractivity contribution in [2.45, 2.75) is 37.5 Å². The summed E-state index contributed by atoms with van der Waals surface area (Å²) in [5.41, 5.74) is 3.65. The number of carbonyl (C=O) groups excluding carboxylic acids is 1. The molecule has 184 valence electrons. The number of aromatic nitrogens is 5. The van der Waals surface area contributed by atoms with Gasteiger partial charge in [0.1, 0.15) is 34.8 Å². The van der Waals surface area contributed by atoms with Crippen LogP contribution in [0, 0.1) is 18.3 Å². The summed E-state index contributed by atoms with van der Waals surface area (Å²) in [6.07, 6.45) is 6.87. The van der Waals surface area contributed by atoms with E-state index in [-0.39, 0.29) is 23.7 Å². The minimum Gasteiger partial charge on any atom is -0.437 e. The van der Waals surface area contributed by atoms with E-state index in [2.05, 4.69) is 25.3 Å². The van der Waals surface area contributed by atoms with Gasteiger partial charge in [0, 0.05) is 25.4 Å². The van der Waals surface area contributed by atoms with Crippen molar-refractivity contribution in [3.63, 3.8) is 0 Å². The Morgan fingerprint density at radius 1 is 1.24 bits per heavy atom. The third-order valence-corrected chi connectivity index (χ3v) is 7.44. The molecule has 1 amide bonds. The van der Waals surface area contributed by atoms with E-state index in [1.54, 1.807) is 41.4 Å². The summed E-state index contributed by atoms with van der Waals surface area (Å²) >= 11 is 0. The molecule has 0 aromatic carbocycles. The number of pyridine rings is 3. The molecule has 37 heavy (non-hydrogen) atoms. The second-order valence-electron chi connectivity index (χ2n) is 9.83. The summed E-state index contributed by atoms with van der Waals surface area (Å²) in [5, 5.41) is 12.4. The monoisotopic (exact) mass is 494 g/mol. The number of hydrogen-bond acceptors (Lipinski definition) is 9. The number of aryl methyl sites for hydroxylation is 2. The van der Waals surface area contributed by atoms with Crippen LogP contribution in [0.4, 0.5) is 11.5 Å². The number of carbonyl (C=O) groups is 1. The van der Waals surface area contributed by atoms with Gasteiger partial charge >= 0.3 is 0 Å². The van der Waals surface area contributed by atoms with Crippen molar-refractivity contribution >= 4 is 28.6 Å². The third-order valence-electron chi connectivity index (χ3n) is 7.44. The van der Waals surface area contributed by atoms with E-state index in [0.717, 1.165) is 18.4 Å². The molecular formula is C26H22N8O3. The van der Waals surface area contributed by atoms with Gasteiger partial charge in [0.05, 0.1) is 30.3 Å².